The van der Waals surface area contributed by atoms with E-state index < -0.39 is 30.2 Å². The lowest BCUT2D eigenvalue weighted by molar-refractivity contribution is -0.221. The fraction of sp³-hybridized carbons (Fsp3) is 0.750. The summed E-state index contributed by atoms with van der Waals surface area (Å²) in [6, 6.07) is -0.603. The highest BCUT2D eigenvalue weighted by atomic mass is 19.4. The van der Waals surface area contributed by atoms with E-state index in [9.17, 15) is 22.8 Å². The van der Waals surface area contributed by atoms with Crippen LogP contribution in [0.5, 0.6) is 0 Å². The van der Waals surface area contributed by atoms with E-state index in [1.807, 2.05) is 11.8 Å². The van der Waals surface area contributed by atoms with Crippen molar-refractivity contribution in [2.45, 2.75) is 50.2 Å². The number of hydrogen-bond donors (Lipinski definition) is 0. The second-order valence-corrected chi connectivity index (χ2v) is 9.03. The third-order valence-electron chi connectivity index (χ3n) is 6.86. The van der Waals surface area contributed by atoms with Crippen LogP contribution in [0.4, 0.5) is 24.9 Å². The first-order chi connectivity index (χ1) is 15.2. The van der Waals surface area contributed by atoms with Gasteiger partial charge in [0.25, 0.3) is 5.56 Å². The number of fused-ring (bicyclic) bond motifs is 1. The van der Waals surface area contributed by atoms with E-state index in [1.54, 1.807) is 0 Å². The number of rotatable bonds is 3. The Morgan fingerprint density at radius 2 is 2.03 bits per heavy atom. The van der Waals surface area contributed by atoms with E-state index in [2.05, 4.69) is 4.98 Å². The average Bonchev–Trinajstić information content (AvgIpc) is 2.65. The van der Waals surface area contributed by atoms with Crippen LogP contribution in [-0.2, 0) is 20.8 Å². The summed E-state index contributed by atoms with van der Waals surface area (Å²) in [6.45, 7) is 4.10. The molecule has 176 valence electrons. The Bertz CT molecular complexity index is 956. The van der Waals surface area contributed by atoms with Gasteiger partial charge in [0.05, 0.1) is 39.0 Å². The Hall–Kier alpha value is -2.34. The van der Waals surface area contributed by atoms with Gasteiger partial charge in [-0.3, -0.25) is 14.2 Å². The first kappa shape index (κ1) is 21.5. The van der Waals surface area contributed by atoms with Gasteiger partial charge in [0.2, 0.25) is 11.9 Å². The van der Waals surface area contributed by atoms with Crippen molar-refractivity contribution in [2.75, 3.05) is 55.8 Å². The van der Waals surface area contributed by atoms with Crippen LogP contribution in [0.1, 0.15) is 19.8 Å². The molecule has 2 atom stereocenters. The monoisotopic (exact) mass is 457 g/mol. The van der Waals surface area contributed by atoms with E-state index in [4.69, 9.17) is 9.47 Å². The van der Waals surface area contributed by atoms with Crippen molar-refractivity contribution in [3.05, 3.63) is 16.4 Å². The van der Waals surface area contributed by atoms with Crippen molar-refractivity contribution in [1.82, 2.24) is 14.5 Å². The molecule has 0 saturated carbocycles. The van der Waals surface area contributed by atoms with Crippen LogP contribution in [0.2, 0.25) is 0 Å². The number of nitrogens with zero attached hydrogens (tertiary/aromatic N) is 5. The molecule has 1 amide bonds. The molecule has 32 heavy (non-hydrogen) atoms. The smallest absolute Gasteiger partial charge is 0.377 e. The molecule has 4 aliphatic heterocycles. The normalized spacial score (nSPS) is 27.1. The maximum Gasteiger partial charge on any atom is 0.408 e. The number of likely N-dealkylation sites (tertiary alicyclic amines) is 1. The van der Waals surface area contributed by atoms with Gasteiger partial charge in [-0.15, -0.1) is 0 Å². The second kappa shape index (κ2) is 7.62. The molecule has 12 heteroatoms. The zero-order valence-electron chi connectivity index (χ0n) is 17.8. The van der Waals surface area contributed by atoms with Crippen LogP contribution in [-0.4, -0.2) is 90.2 Å². The molecule has 1 aromatic rings. The number of morpholine rings is 1. The Labute approximate surface area is 182 Å². The summed E-state index contributed by atoms with van der Waals surface area (Å²) in [7, 11) is 0. The Balaban J connectivity index is 1.46. The van der Waals surface area contributed by atoms with E-state index in [0.29, 0.717) is 45.3 Å². The third kappa shape index (κ3) is 3.62. The number of carbonyl (C=O) groups excluding carboxylic acids is 1. The van der Waals surface area contributed by atoms with Crippen molar-refractivity contribution in [2.24, 2.45) is 0 Å². The third-order valence-corrected chi connectivity index (χ3v) is 6.86. The van der Waals surface area contributed by atoms with Gasteiger partial charge in [0.1, 0.15) is 24.0 Å². The van der Waals surface area contributed by atoms with Crippen LogP contribution < -0.4 is 15.4 Å². The molecular formula is C20H26F3N5O4. The first-order valence-electron chi connectivity index (χ1n) is 10.9. The molecule has 2 unspecified atom stereocenters. The lowest BCUT2D eigenvalue weighted by atomic mass is 9.86. The van der Waals surface area contributed by atoms with E-state index >= 15 is 0 Å². The molecule has 0 radical (unpaired) electrons. The number of hydrogen-bond acceptors (Lipinski definition) is 7. The molecule has 0 N–H and O–H groups in total. The van der Waals surface area contributed by atoms with Crippen LogP contribution >= 0.6 is 0 Å². The lowest BCUT2D eigenvalue weighted by Crippen LogP contribution is -2.70. The predicted molar refractivity (Wildman–Crippen MR) is 108 cm³/mol. The average molecular weight is 457 g/mol. The number of anilines is 2. The van der Waals surface area contributed by atoms with E-state index in [-0.39, 0.29) is 30.6 Å². The second-order valence-electron chi connectivity index (χ2n) is 9.03. The molecule has 0 aromatic carbocycles. The minimum atomic E-state index is -4.56. The molecular weight excluding hydrogens is 431 g/mol. The molecule has 3 fully saturated rings. The minimum absolute atomic E-state index is 0.0736. The minimum Gasteiger partial charge on any atom is -0.377 e. The van der Waals surface area contributed by atoms with Crippen molar-refractivity contribution >= 4 is 17.7 Å². The SMILES string of the molecule is CC1COCCN1c1cc(=O)n2c(n1)N(CC(=O)N1CC3(CCO3)C1)C(C(F)(F)F)CC2. The van der Waals surface area contributed by atoms with Crippen molar-refractivity contribution in [1.29, 1.82) is 0 Å². The summed E-state index contributed by atoms with van der Waals surface area (Å²) >= 11 is 0. The predicted octanol–water partition coefficient (Wildman–Crippen LogP) is 0.611. The molecule has 1 spiro atoms. The molecule has 0 aliphatic carbocycles. The summed E-state index contributed by atoms with van der Waals surface area (Å²) in [6.07, 6.45) is -4.02. The lowest BCUT2D eigenvalue weighted by Gasteiger charge is -2.55. The number of halogens is 3. The first-order valence-corrected chi connectivity index (χ1v) is 10.9. The van der Waals surface area contributed by atoms with Gasteiger partial charge in [-0.05, 0) is 13.3 Å². The zero-order chi connectivity index (χ0) is 22.7. The topological polar surface area (TPSA) is 80.1 Å². The molecule has 1 aromatic heterocycles. The van der Waals surface area contributed by atoms with Crippen LogP contribution in [0.3, 0.4) is 0 Å². The van der Waals surface area contributed by atoms with Gasteiger partial charge in [-0.25, -0.2) is 0 Å². The quantitative estimate of drug-likeness (QED) is 0.658. The summed E-state index contributed by atoms with van der Waals surface area (Å²) < 4.78 is 53.9. The Kier molecular flexibility index (Phi) is 5.12. The van der Waals surface area contributed by atoms with Crippen molar-refractivity contribution in [3.8, 4) is 0 Å². The van der Waals surface area contributed by atoms with E-state index in [1.165, 1.54) is 15.5 Å². The standard InChI is InChI=1S/C20H26F3N5O4/c1-13-10-31-7-5-26(13)15-8-16(29)27-4-2-14(20(21,22)23)28(18(27)24-15)9-17(30)25-11-19(12-25)3-6-32-19/h8,13-14H,2-7,9-12H2,1H3. The van der Waals surface area contributed by atoms with Gasteiger partial charge in [-0.2, -0.15) is 18.2 Å². The van der Waals surface area contributed by atoms with Crippen LogP contribution in [0.25, 0.3) is 0 Å². The number of aromatic nitrogens is 2. The fourth-order valence-electron chi connectivity index (χ4n) is 4.91. The van der Waals surface area contributed by atoms with Gasteiger partial charge < -0.3 is 24.2 Å². The van der Waals surface area contributed by atoms with E-state index in [0.717, 1.165) is 11.3 Å². The number of ether oxygens (including phenoxy) is 2. The van der Waals surface area contributed by atoms with Crippen molar-refractivity contribution in [3.63, 3.8) is 0 Å². The molecule has 9 nitrogen and oxygen atoms in total. The van der Waals surface area contributed by atoms with Gasteiger partial charge in [0, 0.05) is 25.6 Å². The van der Waals surface area contributed by atoms with Gasteiger partial charge in [-0.1, -0.05) is 0 Å². The highest BCUT2D eigenvalue weighted by molar-refractivity contribution is 5.82. The number of carbonyl (C=O) groups is 1. The Morgan fingerprint density at radius 3 is 2.66 bits per heavy atom. The largest absolute Gasteiger partial charge is 0.408 e. The summed E-state index contributed by atoms with van der Waals surface area (Å²) in [5.74, 6) is -0.223. The summed E-state index contributed by atoms with van der Waals surface area (Å²) in [5.41, 5.74) is -0.735. The van der Waals surface area contributed by atoms with Crippen LogP contribution in [0.15, 0.2) is 10.9 Å². The number of alkyl halides is 3. The fourth-order valence-corrected chi connectivity index (χ4v) is 4.91. The Morgan fingerprint density at radius 1 is 1.28 bits per heavy atom. The summed E-state index contributed by atoms with van der Waals surface area (Å²) in [5, 5.41) is 0. The van der Waals surface area contributed by atoms with Gasteiger partial charge >= 0.3 is 6.18 Å². The highest BCUT2D eigenvalue weighted by Gasteiger charge is 2.52. The van der Waals surface area contributed by atoms with Gasteiger partial charge in [0.15, 0.2) is 0 Å². The maximum atomic E-state index is 13.9. The molecule has 5 heterocycles. The molecule has 3 saturated heterocycles. The zero-order valence-corrected chi connectivity index (χ0v) is 17.8. The van der Waals surface area contributed by atoms with Crippen LogP contribution in [0, 0.1) is 0 Å². The highest BCUT2D eigenvalue weighted by Crippen LogP contribution is 2.37. The maximum absolute atomic E-state index is 13.9. The molecule has 0 bridgehead atoms. The number of amides is 1. The van der Waals surface area contributed by atoms with Crippen molar-refractivity contribution < 1.29 is 27.4 Å². The molecule has 4 aliphatic rings. The summed E-state index contributed by atoms with van der Waals surface area (Å²) in [4.78, 5) is 34.4. The molecule has 5 rings (SSSR count).